The van der Waals surface area contributed by atoms with Crippen LogP contribution in [0.4, 0.5) is 5.95 Å². The lowest BCUT2D eigenvalue weighted by molar-refractivity contribution is 0.0554. The Bertz CT molecular complexity index is 826. The largest absolute Gasteiger partial charge is 0.390 e. The Morgan fingerprint density at radius 2 is 1.96 bits per heavy atom. The highest BCUT2D eigenvalue weighted by Gasteiger charge is 2.28. The number of anilines is 1. The van der Waals surface area contributed by atoms with E-state index in [0.717, 1.165) is 35.8 Å². The lowest BCUT2D eigenvalue weighted by Crippen LogP contribution is -2.49. The number of β-amino-alcohol motifs (C(OH)–C–C–N with tert-alkyl or cyclic N) is 1. The van der Waals surface area contributed by atoms with Crippen molar-refractivity contribution in [3.8, 4) is 10.6 Å². The Kier molecular flexibility index (Phi) is 5.19. The summed E-state index contributed by atoms with van der Waals surface area (Å²) in [5.41, 5.74) is 2.20. The van der Waals surface area contributed by atoms with Gasteiger partial charge in [0.25, 0.3) is 0 Å². The molecule has 1 aromatic carbocycles. The summed E-state index contributed by atoms with van der Waals surface area (Å²) in [6.45, 7) is 2.28. The van der Waals surface area contributed by atoms with E-state index in [9.17, 15) is 5.11 Å². The maximum absolute atomic E-state index is 10.5. The number of aliphatic hydroxyl groups excluding tert-OH is 1. The number of nitrogens with zero attached hydrogens (tertiary/aromatic N) is 4. The zero-order valence-corrected chi connectivity index (χ0v) is 15.1. The summed E-state index contributed by atoms with van der Waals surface area (Å²) in [5, 5.41) is 16.9. The predicted molar refractivity (Wildman–Crippen MR) is 103 cm³/mol. The molecule has 2 atom stereocenters. The first-order chi connectivity index (χ1) is 12.8. The van der Waals surface area contributed by atoms with Crippen LogP contribution in [0.25, 0.3) is 10.6 Å². The van der Waals surface area contributed by atoms with Gasteiger partial charge in [0.2, 0.25) is 5.95 Å². The van der Waals surface area contributed by atoms with Crippen LogP contribution in [-0.4, -0.2) is 50.2 Å². The number of piperidine rings is 1. The SMILES string of the molecule is O[C@@H]1CN(Cc2csc(-c3ccccc3)n2)CC[C@H]1Nc1ncccn1. The Hall–Kier alpha value is -2.35. The molecule has 0 aliphatic carbocycles. The Balaban J connectivity index is 1.34. The number of nitrogens with one attached hydrogen (secondary N) is 1. The summed E-state index contributed by atoms with van der Waals surface area (Å²) in [6.07, 6.45) is 3.78. The standard InChI is InChI=1S/C19H21N5OS/c25-17-12-24(10-7-16(17)23-19-20-8-4-9-21-19)11-15-13-26-18(22-15)14-5-2-1-3-6-14/h1-6,8-9,13,16-17,25H,7,10-12H2,(H,20,21,23)/t16-,17-/m1/s1. The van der Waals surface area contributed by atoms with Crippen LogP contribution < -0.4 is 5.32 Å². The van der Waals surface area contributed by atoms with Crippen LogP contribution in [0.3, 0.4) is 0 Å². The van der Waals surface area contributed by atoms with Gasteiger partial charge in [0.1, 0.15) is 5.01 Å². The summed E-state index contributed by atoms with van der Waals surface area (Å²) in [6, 6.07) is 12.0. The van der Waals surface area contributed by atoms with E-state index in [0.29, 0.717) is 12.5 Å². The molecule has 0 unspecified atom stereocenters. The molecule has 0 radical (unpaired) electrons. The minimum absolute atomic E-state index is 0.0241. The van der Waals surface area contributed by atoms with E-state index in [-0.39, 0.29) is 6.04 Å². The molecule has 0 amide bonds. The number of aromatic nitrogens is 3. The fraction of sp³-hybridized carbons (Fsp3) is 0.316. The summed E-state index contributed by atoms with van der Waals surface area (Å²) in [7, 11) is 0. The number of likely N-dealkylation sites (tertiary alicyclic amines) is 1. The van der Waals surface area contributed by atoms with E-state index in [2.05, 4.69) is 37.7 Å². The molecule has 0 spiro atoms. The van der Waals surface area contributed by atoms with Crippen LogP contribution in [0.5, 0.6) is 0 Å². The van der Waals surface area contributed by atoms with E-state index in [1.807, 2.05) is 18.2 Å². The quantitative estimate of drug-likeness (QED) is 0.722. The van der Waals surface area contributed by atoms with Crippen LogP contribution in [0, 0.1) is 0 Å². The van der Waals surface area contributed by atoms with E-state index >= 15 is 0 Å². The summed E-state index contributed by atoms with van der Waals surface area (Å²) < 4.78 is 0. The minimum Gasteiger partial charge on any atom is -0.390 e. The summed E-state index contributed by atoms with van der Waals surface area (Å²) in [4.78, 5) is 15.3. The van der Waals surface area contributed by atoms with E-state index in [4.69, 9.17) is 4.98 Å². The zero-order chi connectivity index (χ0) is 17.8. The Morgan fingerprint density at radius 1 is 1.15 bits per heavy atom. The predicted octanol–water partition coefficient (Wildman–Crippen LogP) is 2.65. The van der Waals surface area contributed by atoms with Crippen molar-refractivity contribution in [2.45, 2.75) is 25.1 Å². The van der Waals surface area contributed by atoms with Crippen molar-refractivity contribution in [3.63, 3.8) is 0 Å². The van der Waals surface area contributed by atoms with Crippen molar-refractivity contribution in [2.75, 3.05) is 18.4 Å². The molecule has 0 saturated carbocycles. The molecule has 3 aromatic rings. The number of aliphatic hydroxyl groups is 1. The van der Waals surface area contributed by atoms with E-state index < -0.39 is 6.10 Å². The average molecular weight is 367 g/mol. The molecule has 6 nitrogen and oxygen atoms in total. The highest BCUT2D eigenvalue weighted by Crippen LogP contribution is 2.24. The third-order valence-corrected chi connectivity index (χ3v) is 5.44. The molecule has 4 rings (SSSR count). The monoisotopic (exact) mass is 367 g/mol. The molecule has 1 aliphatic rings. The normalized spacial score (nSPS) is 20.8. The minimum atomic E-state index is -0.459. The molecule has 2 aromatic heterocycles. The molecule has 134 valence electrons. The van der Waals surface area contributed by atoms with Gasteiger partial charge in [0.15, 0.2) is 0 Å². The third-order valence-electron chi connectivity index (χ3n) is 4.50. The second-order valence-electron chi connectivity index (χ2n) is 6.42. The second kappa shape index (κ2) is 7.90. The Morgan fingerprint density at radius 3 is 2.73 bits per heavy atom. The molecule has 1 fully saturated rings. The number of hydrogen-bond donors (Lipinski definition) is 2. The van der Waals surface area contributed by atoms with Crippen LogP contribution in [0.1, 0.15) is 12.1 Å². The fourth-order valence-corrected chi connectivity index (χ4v) is 3.99. The van der Waals surface area contributed by atoms with Crippen molar-refractivity contribution < 1.29 is 5.11 Å². The number of thiazole rings is 1. The van der Waals surface area contributed by atoms with Crippen molar-refractivity contribution in [2.24, 2.45) is 0 Å². The summed E-state index contributed by atoms with van der Waals surface area (Å²) >= 11 is 1.67. The van der Waals surface area contributed by atoms with Crippen molar-refractivity contribution in [3.05, 3.63) is 59.9 Å². The average Bonchev–Trinajstić information content (AvgIpc) is 3.14. The van der Waals surface area contributed by atoms with Crippen molar-refractivity contribution in [1.82, 2.24) is 19.9 Å². The molecule has 1 saturated heterocycles. The van der Waals surface area contributed by atoms with E-state index in [1.54, 1.807) is 29.8 Å². The van der Waals surface area contributed by atoms with Gasteiger partial charge in [-0.2, -0.15) is 0 Å². The van der Waals surface area contributed by atoms with Crippen LogP contribution in [0.15, 0.2) is 54.2 Å². The topological polar surface area (TPSA) is 74.2 Å². The first kappa shape index (κ1) is 17.1. The molecule has 7 heteroatoms. The number of benzene rings is 1. The molecule has 2 N–H and O–H groups in total. The highest BCUT2D eigenvalue weighted by atomic mass is 32.1. The van der Waals surface area contributed by atoms with Gasteiger partial charge < -0.3 is 10.4 Å². The molecule has 26 heavy (non-hydrogen) atoms. The van der Waals surface area contributed by atoms with Gasteiger partial charge in [-0.3, -0.25) is 4.90 Å². The van der Waals surface area contributed by atoms with Crippen LogP contribution in [-0.2, 0) is 6.54 Å². The van der Waals surface area contributed by atoms with Crippen LogP contribution >= 0.6 is 11.3 Å². The molecular formula is C19H21N5OS. The van der Waals surface area contributed by atoms with Gasteiger partial charge in [0, 0.05) is 43.0 Å². The maximum Gasteiger partial charge on any atom is 0.222 e. The highest BCUT2D eigenvalue weighted by molar-refractivity contribution is 7.13. The third kappa shape index (κ3) is 4.07. The summed E-state index contributed by atoms with van der Waals surface area (Å²) in [5.74, 6) is 0.567. The van der Waals surface area contributed by atoms with Crippen LogP contribution in [0.2, 0.25) is 0 Å². The lowest BCUT2D eigenvalue weighted by atomic mass is 10.0. The van der Waals surface area contributed by atoms with Crippen molar-refractivity contribution >= 4 is 17.3 Å². The molecule has 3 heterocycles. The molecule has 0 bridgehead atoms. The maximum atomic E-state index is 10.5. The first-order valence-electron chi connectivity index (χ1n) is 8.72. The van der Waals surface area contributed by atoms with Gasteiger partial charge in [-0.1, -0.05) is 30.3 Å². The van der Waals surface area contributed by atoms with E-state index in [1.165, 1.54) is 0 Å². The fourth-order valence-electron chi connectivity index (χ4n) is 3.17. The van der Waals surface area contributed by atoms with Gasteiger partial charge in [-0.25, -0.2) is 15.0 Å². The van der Waals surface area contributed by atoms with Gasteiger partial charge in [-0.05, 0) is 12.5 Å². The number of rotatable bonds is 5. The number of hydrogen-bond acceptors (Lipinski definition) is 7. The second-order valence-corrected chi connectivity index (χ2v) is 7.28. The van der Waals surface area contributed by atoms with Crippen molar-refractivity contribution in [1.29, 1.82) is 0 Å². The van der Waals surface area contributed by atoms with Gasteiger partial charge in [0.05, 0.1) is 17.8 Å². The molecular weight excluding hydrogens is 346 g/mol. The molecule has 1 aliphatic heterocycles. The lowest BCUT2D eigenvalue weighted by Gasteiger charge is -2.35. The zero-order valence-electron chi connectivity index (χ0n) is 14.3. The Labute approximate surface area is 156 Å². The van der Waals surface area contributed by atoms with Gasteiger partial charge in [-0.15, -0.1) is 11.3 Å². The smallest absolute Gasteiger partial charge is 0.222 e. The first-order valence-corrected chi connectivity index (χ1v) is 9.60. The van der Waals surface area contributed by atoms with Gasteiger partial charge >= 0.3 is 0 Å².